The number of methoxy groups -OCH3 is 1. The van der Waals surface area contributed by atoms with E-state index in [2.05, 4.69) is 17.3 Å². The Morgan fingerprint density at radius 2 is 1.89 bits per heavy atom. The van der Waals surface area contributed by atoms with Crippen molar-refractivity contribution in [1.82, 2.24) is 10.2 Å². The van der Waals surface area contributed by atoms with Crippen molar-refractivity contribution < 1.29 is 14.3 Å². The first-order valence-electron chi connectivity index (χ1n) is 7.24. The van der Waals surface area contributed by atoms with Gasteiger partial charge in [-0.2, -0.15) is 0 Å². The minimum atomic E-state index is -0.0277. The van der Waals surface area contributed by atoms with Crippen molar-refractivity contribution in [3.8, 4) is 0 Å². The number of nitrogens with zero attached hydrogens (tertiary/aromatic N) is 1. The van der Waals surface area contributed by atoms with E-state index in [1.54, 1.807) is 7.11 Å². The largest absolute Gasteiger partial charge is 0.382 e. The highest BCUT2D eigenvalue weighted by molar-refractivity contribution is 5.77. The van der Waals surface area contributed by atoms with Crippen LogP contribution in [0.15, 0.2) is 0 Å². The summed E-state index contributed by atoms with van der Waals surface area (Å²) in [6, 6.07) is 0. The second-order valence-corrected chi connectivity index (χ2v) is 4.60. The summed E-state index contributed by atoms with van der Waals surface area (Å²) in [4.78, 5) is 13.8. The fraction of sp³-hybridized carbons (Fsp3) is 0.929. The molecule has 0 saturated carbocycles. The molecule has 1 heterocycles. The molecule has 0 aromatic carbocycles. The number of nitrogens with one attached hydrogen (secondary N) is 1. The molecule has 1 N–H and O–H groups in total. The highest BCUT2D eigenvalue weighted by atomic mass is 16.5. The predicted octanol–water partition coefficient (Wildman–Crippen LogP) is 1.13. The van der Waals surface area contributed by atoms with Gasteiger partial charge in [-0.25, -0.2) is 0 Å². The SMILES string of the molecule is CC.COCCOCC(=O)NCC1CCN(C)CC1. The van der Waals surface area contributed by atoms with E-state index < -0.39 is 0 Å². The Hall–Kier alpha value is -0.650. The standard InChI is InChI=1S/C12H24N2O3.C2H6/c1-14-5-3-11(4-6-14)9-13-12(15)10-17-8-7-16-2;1-2/h11H,3-10H2,1-2H3,(H,13,15);1-2H3. The third kappa shape index (κ3) is 9.87. The Labute approximate surface area is 117 Å². The van der Waals surface area contributed by atoms with Gasteiger partial charge in [0.15, 0.2) is 0 Å². The summed E-state index contributed by atoms with van der Waals surface area (Å²) in [6.45, 7) is 8.17. The minimum absolute atomic E-state index is 0.0277. The molecule has 0 radical (unpaired) electrons. The van der Waals surface area contributed by atoms with Crippen LogP contribution < -0.4 is 5.32 Å². The van der Waals surface area contributed by atoms with Gasteiger partial charge in [0.05, 0.1) is 13.2 Å². The molecule has 1 saturated heterocycles. The minimum Gasteiger partial charge on any atom is -0.382 e. The number of carbonyl (C=O) groups is 1. The van der Waals surface area contributed by atoms with Gasteiger partial charge in [-0.1, -0.05) is 13.8 Å². The van der Waals surface area contributed by atoms with Crippen molar-refractivity contribution >= 4 is 5.91 Å². The number of likely N-dealkylation sites (tertiary alicyclic amines) is 1. The van der Waals surface area contributed by atoms with Crippen LogP contribution >= 0.6 is 0 Å². The Morgan fingerprint density at radius 1 is 1.26 bits per heavy atom. The summed E-state index contributed by atoms with van der Waals surface area (Å²) in [7, 11) is 3.75. The van der Waals surface area contributed by atoms with Crippen molar-refractivity contribution in [2.45, 2.75) is 26.7 Å². The molecule has 1 rings (SSSR count). The number of hydrogen-bond acceptors (Lipinski definition) is 4. The molecule has 19 heavy (non-hydrogen) atoms. The lowest BCUT2D eigenvalue weighted by Gasteiger charge is -2.28. The van der Waals surface area contributed by atoms with E-state index >= 15 is 0 Å². The van der Waals surface area contributed by atoms with E-state index in [1.165, 1.54) is 12.8 Å². The van der Waals surface area contributed by atoms with Gasteiger partial charge in [0, 0.05) is 13.7 Å². The number of hydrogen-bond donors (Lipinski definition) is 1. The van der Waals surface area contributed by atoms with E-state index in [0.717, 1.165) is 19.6 Å². The summed E-state index contributed by atoms with van der Waals surface area (Å²) < 4.78 is 9.97. The molecular formula is C14H30N2O3. The van der Waals surface area contributed by atoms with Gasteiger partial charge in [-0.15, -0.1) is 0 Å². The maximum absolute atomic E-state index is 11.4. The van der Waals surface area contributed by atoms with Crippen LogP contribution in [0.4, 0.5) is 0 Å². The summed E-state index contributed by atoms with van der Waals surface area (Å²) in [5.74, 6) is 0.592. The molecule has 1 amide bonds. The zero-order valence-electron chi connectivity index (χ0n) is 12.9. The van der Waals surface area contributed by atoms with Crippen molar-refractivity contribution in [3.63, 3.8) is 0 Å². The van der Waals surface area contributed by atoms with Gasteiger partial charge in [0.2, 0.25) is 5.91 Å². The quantitative estimate of drug-likeness (QED) is 0.707. The second kappa shape index (κ2) is 12.4. The molecule has 1 aliphatic rings. The van der Waals surface area contributed by atoms with E-state index in [-0.39, 0.29) is 12.5 Å². The molecule has 5 nitrogen and oxygen atoms in total. The maximum Gasteiger partial charge on any atom is 0.246 e. The molecule has 0 aromatic heterocycles. The molecule has 0 spiro atoms. The summed E-state index contributed by atoms with van der Waals surface area (Å²) in [6.07, 6.45) is 2.34. The number of carbonyl (C=O) groups excluding carboxylic acids is 1. The molecule has 114 valence electrons. The lowest BCUT2D eigenvalue weighted by molar-refractivity contribution is -0.126. The maximum atomic E-state index is 11.4. The Kier molecular flexibility index (Phi) is 12.0. The van der Waals surface area contributed by atoms with E-state index in [9.17, 15) is 4.79 Å². The Balaban J connectivity index is 0.00000154. The van der Waals surface area contributed by atoms with Gasteiger partial charge < -0.3 is 19.7 Å². The summed E-state index contributed by atoms with van der Waals surface area (Å²) in [5, 5.41) is 2.92. The predicted molar refractivity (Wildman–Crippen MR) is 77.3 cm³/mol. The zero-order chi connectivity index (χ0) is 14.5. The first-order chi connectivity index (χ1) is 9.22. The molecule has 0 aromatic rings. The molecule has 5 heteroatoms. The molecule has 1 aliphatic heterocycles. The third-order valence-corrected chi connectivity index (χ3v) is 3.09. The third-order valence-electron chi connectivity index (χ3n) is 3.09. The molecule has 1 fully saturated rings. The zero-order valence-corrected chi connectivity index (χ0v) is 12.9. The highest BCUT2D eigenvalue weighted by Crippen LogP contribution is 2.14. The average Bonchev–Trinajstić information content (AvgIpc) is 2.45. The van der Waals surface area contributed by atoms with Crippen molar-refractivity contribution in [2.24, 2.45) is 5.92 Å². The van der Waals surface area contributed by atoms with Gasteiger partial charge in [-0.3, -0.25) is 4.79 Å². The van der Waals surface area contributed by atoms with Crippen LogP contribution in [0.5, 0.6) is 0 Å². The van der Waals surface area contributed by atoms with Crippen molar-refractivity contribution in [2.75, 3.05) is 53.6 Å². The highest BCUT2D eigenvalue weighted by Gasteiger charge is 2.16. The number of piperidine rings is 1. The fourth-order valence-corrected chi connectivity index (χ4v) is 1.88. The first kappa shape index (κ1) is 18.4. The lowest BCUT2D eigenvalue weighted by atomic mass is 9.97. The first-order valence-corrected chi connectivity index (χ1v) is 7.24. The van der Waals surface area contributed by atoms with E-state index in [0.29, 0.717) is 19.1 Å². The average molecular weight is 274 g/mol. The topological polar surface area (TPSA) is 50.8 Å². The Bertz CT molecular complexity index is 217. The van der Waals surface area contributed by atoms with Gasteiger partial charge in [-0.05, 0) is 38.9 Å². The van der Waals surface area contributed by atoms with E-state index in [1.807, 2.05) is 13.8 Å². The fourth-order valence-electron chi connectivity index (χ4n) is 1.88. The number of ether oxygens (including phenoxy) is 2. The van der Waals surface area contributed by atoms with E-state index in [4.69, 9.17) is 9.47 Å². The monoisotopic (exact) mass is 274 g/mol. The molecule has 0 bridgehead atoms. The van der Waals surface area contributed by atoms with Crippen LogP contribution in [0, 0.1) is 5.92 Å². The number of rotatable bonds is 7. The van der Waals surface area contributed by atoms with Crippen molar-refractivity contribution in [3.05, 3.63) is 0 Å². The van der Waals surface area contributed by atoms with Crippen LogP contribution in [0.2, 0.25) is 0 Å². The summed E-state index contributed by atoms with van der Waals surface area (Å²) in [5.41, 5.74) is 0. The lowest BCUT2D eigenvalue weighted by Crippen LogP contribution is -2.38. The Morgan fingerprint density at radius 3 is 2.47 bits per heavy atom. The number of amides is 1. The molecule has 0 atom stereocenters. The molecule has 0 aliphatic carbocycles. The normalized spacial score (nSPS) is 16.6. The van der Waals surface area contributed by atoms with Crippen LogP contribution in [0.1, 0.15) is 26.7 Å². The van der Waals surface area contributed by atoms with Crippen LogP contribution in [-0.2, 0) is 14.3 Å². The summed E-state index contributed by atoms with van der Waals surface area (Å²) >= 11 is 0. The van der Waals surface area contributed by atoms with Gasteiger partial charge >= 0.3 is 0 Å². The van der Waals surface area contributed by atoms with Crippen molar-refractivity contribution in [1.29, 1.82) is 0 Å². The molecular weight excluding hydrogens is 244 g/mol. The van der Waals surface area contributed by atoms with Gasteiger partial charge in [0.1, 0.15) is 6.61 Å². The molecule has 0 unspecified atom stereocenters. The van der Waals surface area contributed by atoms with Crippen LogP contribution in [0.3, 0.4) is 0 Å². The van der Waals surface area contributed by atoms with Crippen LogP contribution in [0.25, 0.3) is 0 Å². The van der Waals surface area contributed by atoms with Crippen LogP contribution in [-0.4, -0.2) is 64.4 Å². The van der Waals surface area contributed by atoms with Gasteiger partial charge in [0.25, 0.3) is 0 Å². The second-order valence-electron chi connectivity index (χ2n) is 4.60. The smallest absolute Gasteiger partial charge is 0.246 e.